The van der Waals surface area contributed by atoms with Crippen LogP contribution in [0.2, 0.25) is 31.0 Å². The van der Waals surface area contributed by atoms with Crippen molar-refractivity contribution in [2.24, 2.45) is 0 Å². The van der Waals surface area contributed by atoms with Crippen molar-refractivity contribution in [3.8, 4) is 5.75 Å². The van der Waals surface area contributed by atoms with Crippen LogP contribution in [0.5, 0.6) is 5.75 Å². The molecule has 0 unspecified atom stereocenters. The molecule has 0 N–H and O–H groups in total. The summed E-state index contributed by atoms with van der Waals surface area (Å²) in [7, 11) is 0.461. The van der Waals surface area contributed by atoms with Crippen molar-refractivity contribution in [1.29, 1.82) is 0 Å². The van der Waals surface area contributed by atoms with Gasteiger partial charge in [-0.2, -0.15) is 4.98 Å². The Kier molecular flexibility index (Phi) is 6.22. The third-order valence-corrected chi connectivity index (χ3v) is 6.40. The molecule has 0 fully saturated rings. The molecule has 9 heteroatoms. The second-order valence-corrected chi connectivity index (χ2v) is 13.8. The van der Waals surface area contributed by atoms with Crippen molar-refractivity contribution in [3.05, 3.63) is 51.8 Å². The molecular weight excluding hydrogens is 396 g/mol. The summed E-state index contributed by atoms with van der Waals surface area (Å²) in [6.45, 7) is 8.19. The van der Waals surface area contributed by atoms with Crippen molar-refractivity contribution < 1.29 is 9.47 Å². The average molecular weight is 421 g/mol. The van der Waals surface area contributed by atoms with E-state index in [0.29, 0.717) is 25.5 Å². The Morgan fingerprint density at radius 3 is 2.54 bits per heavy atom. The molecule has 0 bridgehead atoms. The predicted molar refractivity (Wildman–Crippen MR) is 113 cm³/mol. The van der Waals surface area contributed by atoms with Crippen molar-refractivity contribution in [2.45, 2.75) is 39.0 Å². The highest BCUT2D eigenvalue weighted by molar-refractivity contribution is 6.76. The third-order valence-electron chi connectivity index (χ3n) is 4.41. The largest absolute Gasteiger partial charge is 0.497 e. The van der Waals surface area contributed by atoms with Crippen LogP contribution in [0.4, 0.5) is 0 Å². The molecule has 2 aromatic heterocycles. The molecule has 0 radical (unpaired) electrons. The first-order valence-electron chi connectivity index (χ1n) is 9.10. The van der Waals surface area contributed by atoms with Gasteiger partial charge >= 0.3 is 0 Å². The van der Waals surface area contributed by atoms with Crippen molar-refractivity contribution in [2.75, 3.05) is 13.7 Å². The lowest BCUT2D eigenvalue weighted by atomic mass is 10.2. The van der Waals surface area contributed by atoms with Crippen LogP contribution in [-0.4, -0.2) is 40.9 Å². The molecule has 3 rings (SSSR count). The monoisotopic (exact) mass is 420 g/mol. The number of aromatic nitrogens is 4. The number of imidazole rings is 1. The van der Waals surface area contributed by atoms with Gasteiger partial charge in [0, 0.05) is 14.7 Å². The standard InChI is InChI=1S/C19H25ClN4O3Si/c1-26-15-7-5-14(6-8-15)11-24-18(25)16-17(22-19(24)20)23(12-21-16)13-27-9-10-28(2,3)4/h5-8,12H,9-11,13H2,1-4H3. The fraction of sp³-hybridized carbons (Fsp3) is 0.421. The van der Waals surface area contributed by atoms with E-state index in [9.17, 15) is 4.79 Å². The first-order chi connectivity index (χ1) is 13.3. The van der Waals surface area contributed by atoms with E-state index in [-0.39, 0.29) is 16.4 Å². The van der Waals surface area contributed by atoms with E-state index in [4.69, 9.17) is 21.1 Å². The van der Waals surface area contributed by atoms with Gasteiger partial charge in [0.25, 0.3) is 5.56 Å². The number of hydrogen-bond acceptors (Lipinski definition) is 5. The Morgan fingerprint density at radius 2 is 1.89 bits per heavy atom. The molecular formula is C19H25ClN4O3Si. The van der Waals surface area contributed by atoms with Crippen molar-refractivity contribution in [3.63, 3.8) is 0 Å². The number of halogens is 1. The minimum atomic E-state index is -1.15. The van der Waals surface area contributed by atoms with E-state index < -0.39 is 8.07 Å². The number of benzene rings is 1. The highest BCUT2D eigenvalue weighted by Crippen LogP contribution is 2.16. The first kappa shape index (κ1) is 20.6. The Bertz CT molecular complexity index is 1010. The summed E-state index contributed by atoms with van der Waals surface area (Å²) in [5.41, 5.74) is 1.37. The number of hydrogen-bond donors (Lipinski definition) is 0. The fourth-order valence-corrected chi connectivity index (χ4v) is 3.66. The molecule has 1 aromatic carbocycles. The van der Waals surface area contributed by atoms with Crippen LogP contribution in [-0.2, 0) is 18.0 Å². The lowest BCUT2D eigenvalue weighted by Gasteiger charge is -2.15. The SMILES string of the molecule is COc1ccc(Cn2c(Cl)nc3c(ncn3COCC[Si](C)(C)C)c2=O)cc1. The van der Waals surface area contributed by atoms with E-state index in [1.807, 2.05) is 24.3 Å². The van der Waals surface area contributed by atoms with Crippen LogP contribution in [0.15, 0.2) is 35.4 Å². The summed E-state index contributed by atoms with van der Waals surface area (Å²) >= 11 is 6.32. The van der Waals surface area contributed by atoms with Crippen LogP contribution >= 0.6 is 11.6 Å². The van der Waals surface area contributed by atoms with Gasteiger partial charge in [-0.1, -0.05) is 31.8 Å². The Balaban J connectivity index is 1.80. The van der Waals surface area contributed by atoms with Gasteiger partial charge in [-0.25, -0.2) is 4.98 Å². The molecule has 150 valence electrons. The van der Waals surface area contributed by atoms with Gasteiger partial charge in [0.15, 0.2) is 11.2 Å². The lowest BCUT2D eigenvalue weighted by molar-refractivity contribution is 0.0895. The van der Waals surface area contributed by atoms with Crippen molar-refractivity contribution in [1.82, 2.24) is 19.1 Å². The molecule has 0 saturated carbocycles. The molecule has 0 aliphatic rings. The first-order valence-corrected chi connectivity index (χ1v) is 13.2. The predicted octanol–water partition coefficient (Wildman–Crippen LogP) is 3.62. The molecule has 0 atom stereocenters. The molecule has 7 nitrogen and oxygen atoms in total. The molecule has 3 aromatic rings. The van der Waals surface area contributed by atoms with Crippen LogP contribution < -0.4 is 10.3 Å². The number of nitrogens with zero attached hydrogens (tertiary/aromatic N) is 4. The Hall–Kier alpha value is -2.16. The lowest BCUT2D eigenvalue weighted by Crippen LogP contribution is -2.23. The Morgan fingerprint density at radius 1 is 1.18 bits per heavy atom. The van der Waals surface area contributed by atoms with Gasteiger partial charge in [-0.15, -0.1) is 0 Å². The Labute approximate surface area is 169 Å². The van der Waals surface area contributed by atoms with Gasteiger partial charge in [-0.3, -0.25) is 13.9 Å². The summed E-state index contributed by atoms with van der Waals surface area (Å²) < 4.78 is 14.0. The van der Waals surface area contributed by atoms with Crippen LogP contribution in [0.25, 0.3) is 11.2 Å². The summed E-state index contributed by atoms with van der Waals surface area (Å²) in [5.74, 6) is 0.753. The zero-order valence-electron chi connectivity index (χ0n) is 16.6. The molecule has 2 heterocycles. The molecule has 0 spiro atoms. The quantitative estimate of drug-likeness (QED) is 0.316. The zero-order chi connectivity index (χ0) is 20.3. The summed E-state index contributed by atoms with van der Waals surface area (Å²) in [6, 6.07) is 8.52. The highest BCUT2D eigenvalue weighted by atomic mass is 35.5. The summed E-state index contributed by atoms with van der Waals surface area (Å²) in [5, 5.41) is 0.122. The maximum Gasteiger partial charge on any atom is 0.282 e. The number of methoxy groups -OCH3 is 1. The summed E-state index contributed by atoms with van der Waals surface area (Å²) in [6.07, 6.45) is 1.57. The molecule has 0 aliphatic carbocycles. The highest BCUT2D eigenvalue weighted by Gasteiger charge is 2.16. The number of rotatable bonds is 8. The maximum absolute atomic E-state index is 12.9. The van der Waals surface area contributed by atoms with Crippen LogP contribution in [0, 0.1) is 0 Å². The topological polar surface area (TPSA) is 71.2 Å². The fourth-order valence-electron chi connectivity index (χ4n) is 2.69. The normalized spacial score (nSPS) is 11.9. The van der Waals surface area contributed by atoms with Gasteiger partial charge in [0.2, 0.25) is 5.28 Å². The second-order valence-electron chi connectivity index (χ2n) is 7.85. The summed E-state index contributed by atoms with van der Waals surface area (Å²) in [4.78, 5) is 21.5. The molecule has 0 amide bonds. The molecule has 0 aliphatic heterocycles. The van der Waals surface area contributed by atoms with Crippen LogP contribution in [0.1, 0.15) is 5.56 Å². The second kappa shape index (κ2) is 8.46. The van der Waals surface area contributed by atoms with E-state index in [1.165, 1.54) is 4.57 Å². The zero-order valence-corrected chi connectivity index (χ0v) is 18.4. The van der Waals surface area contributed by atoms with Gasteiger partial charge in [0.1, 0.15) is 12.5 Å². The van der Waals surface area contributed by atoms with E-state index in [1.54, 1.807) is 18.0 Å². The van der Waals surface area contributed by atoms with Gasteiger partial charge < -0.3 is 9.47 Å². The van der Waals surface area contributed by atoms with Gasteiger partial charge in [0.05, 0.1) is 20.0 Å². The minimum absolute atomic E-state index is 0.122. The van der Waals surface area contributed by atoms with Crippen molar-refractivity contribution >= 4 is 30.8 Å². The molecule has 28 heavy (non-hydrogen) atoms. The van der Waals surface area contributed by atoms with Crippen LogP contribution in [0.3, 0.4) is 0 Å². The van der Waals surface area contributed by atoms with Gasteiger partial charge in [-0.05, 0) is 35.3 Å². The molecule has 0 saturated heterocycles. The number of ether oxygens (including phenoxy) is 2. The average Bonchev–Trinajstić information content (AvgIpc) is 3.05. The number of fused-ring (bicyclic) bond motifs is 1. The van der Waals surface area contributed by atoms with E-state index in [2.05, 4.69) is 29.6 Å². The smallest absolute Gasteiger partial charge is 0.282 e. The van der Waals surface area contributed by atoms with E-state index >= 15 is 0 Å². The maximum atomic E-state index is 12.9. The minimum Gasteiger partial charge on any atom is -0.497 e. The van der Waals surface area contributed by atoms with E-state index in [0.717, 1.165) is 17.4 Å². The third kappa shape index (κ3) is 4.81.